The van der Waals surface area contributed by atoms with Crippen LogP contribution in [0.15, 0.2) is 28.7 Å². The van der Waals surface area contributed by atoms with E-state index in [1.807, 2.05) is 0 Å². The van der Waals surface area contributed by atoms with Gasteiger partial charge in [0.2, 0.25) is 5.91 Å². The molecule has 1 aliphatic carbocycles. The minimum Gasteiger partial charge on any atom is -0.378 e. The summed E-state index contributed by atoms with van der Waals surface area (Å²) < 4.78 is 6.50. The molecule has 1 aromatic rings. The number of carbonyl (C=O) groups excluding carboxylic acids is 1. The van der Waals surface area contributed by atoms with E-state index in [0.717, 1.165) is 23.9 Å². The van der Waals surface area contributed by atoms with E-state index in [1.165, 1.54) is 24.8 Å². The van der Waals surface area contributed by atoms with E-state index in [4.69, 9.17) is 4.74 Å². The molecule has 2 N–H and O–H groups in total. The van der Waals surface area contributed by atoms with E-state index in [1.54, 1.807) is 0 Å². The Morgan fingerprint density at radius 3 is 2.79 bits per heavy atom. The second-order valence-electron chi connectivity index (χ2n) is 6.65. The Morgan fingerprint density at radius 1 is 1.33 bits per heavy atom. The van der Waals surface area contributed by atoms with Gasteiger partial charge >= 0.3 is 0 Å². The summed E-state index contributed by atoms with van der Waals surface area (Å²) >= 11 is 3.58. The summed E-state index contributed by atoms with van der Waals surface area (Å²) in [6.45, 7) is 2.61. The number of hydrogen-bond donors (Lipinski definition) is 2. The Hall–Kier alpha value is -0.620. The predicted molar refractivity (Wildman–Crippen MR) is 102 cm³/mol. The highest BCUT2D eigenvalue weighted by Crippen LogP contribution is 2.39. The number of halogens is 2. The molecule has 0 bridgehead atoms. The second-order valence-corrected chi connectivity index (χ2v) is 7.57. The highest BCUT2D eigenvalue weighted by atomic mass is 79.9. The number of rotatable bonds is 4. The van der Waals surface area contributed by atoms with Gasteiger partial charge in [0.25, 0.3) is 0 Å². The van der Waals surface area contributed by atoms with Crippen molar-refractivity contribution in [2.75, 3.05) is 26.3 Å². The third-order valence-electron chi connectivity index (χ3n) is 5.09. The summed E-state index contributed by atoms with van der Waals surface area (Å²) in [6, 6.07) is 8.34. The van der Waals surface area contributed by atoms with Gasteiger partial charge in [-0.15, -0.1) is 12.4 Å². The molecule has 6 heteroatoms. The van der Waals surface area contributed by atoms with Crippen molar-refractivity contribution in [1.82, 2.24) is 10.6 Å². The number of nitrogens with one attached hydrogen (secondary N) is 2. The SMILES string of the molecule is Cl.O=C(NCC1(c2cccc(Br)c2)CCCCC1)C1COCCN1. The summed E-state index contributed by atoms with van der Waals surface area (Å²) in [7, 11) is 0. The largest absolute Gasteiger partial charge is 0.378 e. The maximum Gasteiger partial charge on any atom is 0.239 e. The first-order valence-electron chi connectivity index (χ1n) is 8.55. The lowest BCUT2D eigenvalue weighted by atomic mass is 9.69. The quantitative estimate of drug-likeness (QED) is 0.791. The normalized spacial score (nSPS) is 23.1. The van der Waals surface area contributed by atoms with E-state index in [9.17, 15) is 4.79 Å². The van der Waals surface area contributed by atoms with Gasteiger partial charge in [0, 0.05) is 23.0 Å². The standard InChI is InChI=1S/C18H25BrN2O2.ClH/c19-15-6-4-5-14(11-15)18(7-2-1-3-8-18)13-21-17(22)16-12-23-10-9-20-16;/h4-6,11,16,20H,1-3,7-10,12-13H2,(H,21,22);1H. The molecular weight excluding hydrogens is 392 g/mol. The van der Waals surface area contributed by atoms with Gasteiger partial charge in [-0.2, -0.15) is 0 Å². The third kappa shape index (κ3) is 4.72. The molecule has 2 aliphatic rings. The summed E-state index contributed by atoms with van der Waals surface area (Å²) in [5.74, 6) is 0.0599. The molecule has 24 heavy (non-hydrogen) atoms. The van der Waals surface area contributed by atoms with Gasteiger partial charge in [-0.05, 0) is 30.5 Å². The third-order valence-corrected chi connectivity index (χ3v) is 5.58. The fraction of sp³-hybridized carbons (Fsp3) is 0.611. The smallest absolute Gasteiger partial charge is 0.239 e. The van der Waals surface area contributed by atoms with Crippen LogP contribution in [0, 0.1) is 0 Å². The highest BCUT2D eigenvalue weighted by Gasteiger charge is 2.35. The van der Waals surface area contributed by atoms with Gasteiger partial charge in [0.1, 0.15) is 6.04 Å². The van der Waals surface area contributed by atoms with Gasteiger partial charge in [0.05, 0.1) is 13.2 Å². The second kappa shape index (κ2) is 9.18. The monoisotopic (exact) mass is 416 g/mol. The first-order valence-corrected chi connectivity index (χ1v) is 9.34. The molecule has 1 heterocycles. The molecular formula is C18H26BrClN2O2. The summed E-state index contributed by atoms with van der Waals surface area (Å²) in [6.07, 6.45) is 6.03. The van der Waals surface area contributed by atoms with Crippen LogP contribution in [0.1, 0.15) is 37.7 Å². The molecule has 2 fully saturated rings. The zero-order valence-electron chi connectivity index (χ0n) is 13.9. The fourth-order valence-corrected chi connectivity index (χ4v) is 4.13. The van der Waals surface area contributed by atoms with E-state index in [-0.39, 0.29) is 29.8 Å². The number of amides is 1. The molecule has 0 radical (unpaired) electrons. The summed E-state index contributed by atoms with van der Waals surface area (Å²) in [4.78, 5) is 12.4. The van der Waals surface area contributed by atoms with Crippen LogP contribution < -0.4 is 10.6 Å². The Labute approximate surface area is 158 Å². The topological polar surface area (TPSA) is 50.4 Å². The Balaban J connectivity index is 0.00000208. The Morgan fingerprint density at radius 2 is 2.12 bits per heavy atom. The van der Waals surface area contributed by atoms with Gasteiger partial charge in [-0.25, -0.2) is 0 Å². The number of morpholine rings is 1. The number of benzene rings is 1. The lowest BCUT2D eigenvalue weighted by Crippen LogP contribution is -2.53. The molecule has 1 aromatic carbocycles. The van der Waals surface area contributed by atoms with Crippen molar-refractivity contribution in [3.63, 3.8) is 0 Å². The van der Waals surface area contributed by atoms with Crippen molar-refractivity contribution >= 4 is 34.2 Å². The van der Waals surface area contributed by atoms with Crippen molar-refractivity contribution in [3.8, 4) is 0 Å². The first kappa shape index (κ1) is 19.7. The minimum absolute atomic E-state index is 0. The van der Waals surface area contributed by atoms with Crippen molar-refractivity contribution < 1.29 is 9.53 Å². The molecule has 1 amide bonds. The van der Waals surface area contributed by atoms with Gasteiger partial charge in [-0.3, -0.25) is 4.79 Å². The molecule has 0 aromatic heterocycles. The molecule has 0 spiro atoms. The Kier molecular flexibility index (Phi) is 7.54. The fourth-order valence-electron chi connectivity index (χ4n) is 3.73. The van der Waals surface area contributed by atoms with Gasteiger partial charge < -0.3 is 15.4 Å². The minimum atomic E-state index is -0.216. The summed E-state index contributed by atoms with van der Waals surface area (Å²) in [5, 5.41) is 6.41. The molecule has 3 rings (SSSR count). The van der Waals surface area contributed by atoms with Crippen molar-refractivity contribution in [1.29, 1.82) is 0 Å². The van der Waals surface area contributed by atoms with Crippen molar-refractivity contribution in [2.45, 2.75) is 43.6 Å². The maximum atomic E-state index is 12.4. The number of hydrogen-bond acceptors (Lipinski definition) is 3. The van der Waals surface area contributed by atoms with Crippen LogP contribution in [0.3, 0.4) is 0 Å². The zero-order chi connectivity index (χ0) is 16.1. The lowest BCUT2D eigenvalue weighted by molar-refractivity contribution is -0.126. The molecule has 1 unspecified atom stereocenters. The van der Waals surface area contributed by atoms with E-state index >= 15 is 0 Å². The van der Waals surface area contributed by atoms with Gasteiger partial charge in [0.15, 0.2) is 0 Å². The predicted octanol–water partition coefficient (Wildman–Crippen LogP) is 3.18. The number of carbonyl (C=O) groups is 1. The molecule has 1 saturated heterocycles. The van der Waals surface area contributed by atoms with E-state index < -0.39 is 0 Å². The molecule has 134 valence electrons. The maximum absolute atomic E-state index is 12.4. The molecule has 4 nitrogen and oxygen atoms in total. The average molecular weight is 418 g/mol. The van der Waals surface area contributed by atoms with Crippen molar-refractivity contribution in [3.05, 3.63) is 34.3 Å². The first-order chi connectivity index (χ1) is 11.2. The highest BCUT2D eigenvalue weighted by molar-refractivity contribution is 9.10. The van der Waals surface area contributed by atoms with Crippen LogP contribution in [0.5, 0.6) is 0 Å². The van der Waals surface area contributed by atoms with Crippen LogP contribution in [0.4, 0.5) is 0 Å². The lowest BCUT2D eigenvalue weighted by Gasteiger charge is -2.38. The van der Waals surface area contributed by atoms with Crippen LogP contribution >= 0.6 is 28.3 Å². The van der Waals surface area contributed by atoms with Crippen molar-refractivity contribution in [2.24, 2.45) is 0 Å². The Bertz CT molecular complexity index is 544. The molecule has 1 aliphatic heterocycles. The molecule has 1 saturated carbocycles. The van der Waals surface area contributed by atoms with Crippen LogP contribution in [-0.2, 0) is 14.9 Å². The van der Waals surface area contributed by atoms with Crippen LogP contribution in [0.25, 0.3) is 0 Å². The molecule has 1 atom stereocenters. The van der Waals surface area contributed by atoms with E-state index in [2.05, 4.69) is 50.8 Å². The zero-order valence-corrected chi connectivity index (χ0v) is 16.3. The van der Waals surface area contributed by atoms with E-state index in [0.29, 0.717) is 19.8 Å². The average Bonchev–Trinajstić information content (AvgIpc) is 2.61. The summed E-state index contributed by atoms with van der Waals surface area (Å²) in [5.41, 5.74) is 1.40. The van der Waals surface area contributed by atoms with Gasteiger partial charge in [-0.1, -0.05) is 47.3 Å². The number of ether oxygens (including phenoxy) is 1. The van der Waals surface area contributed by atoms with Crippen LogP contribution in [-0.4, -0.2) is 38.3 Å². The van der Waals surface area contributed by atoms with Crippen LogP contribution in [0.2, 0.25) is 0 Å².